The molecule has 1 aromatic carbocycles. The number of carboxylic acid groups (broad SMARTS) is 1. The zero-order valence-electron chi connectivity index (χ0n) is 23.0. The molecule has 2 N–H and O–H groups in total. The third-order valence-electron chi connectivity index (χ3n) is 7.59. The fourth-order valence-electron chi connectivity index (χ4n) is 5.36. The first-order valence-electron chi connectivity index (χ1n) is 14.2. The Bertz CT molecular complexity index is 987. The fourth-order valence-corrected chi connectivity index (χ4v) is 5.36. The van der Waals surface area contributed by atoms with E-state index in [-0.39, 0.29) is 6.42 Å². The third kappa shape index (κ3) is 9.53. The van der Waals surface area contributed by atoms with E-state index < -0.39 is 5.97 Å². The Labute approximate surface area is 227 Å². The van der Waals surface area contributed by atoms with Gasteiger partial charge in [-0.1, -0.05) is 30.7 Å². The number of H-pyrrole nitrogens is 1. The zero-order chi connectivity index (χ0) is 26.6. The number of nitrogens with one attached hydrogen (secondary N) is 1. The summed E-state index contributed by atoms with van der Waals surface area (Å²) in [5.74, 6) is 1.35. The van der Waals surface area contributed by atoms with E-state index in [1.165, 1.54) is 49.9 Å². The number of aliphatic carboxylic acids is 1. The summed E-state index contributed by atoms with van der Waals surface area (Å²) in [6.45, 7) is 10.1. The van der Waals surface area contributed by atoms with Crippen LogP contribution >= 0.6 is 0 Å². The van der Waals surface area contributed by atoms with E-state index in [0.29, 0.717) is 6.54 Å². The van der Waals surface area contributed by atoms with Gasteiger partial charge in [0.2, 0.25) is 0 Å². The number of likely N-dealkylation sites (tertiary alicyclic amines) is 1. The molecule has 0 amide bonds. The Morgan fingerprint density at radius 2 is 1.68 bits per heavy atom. The molecule has 9 heteroatoms. The number of carbonyl (C=O) groups is 1. The topological polar surface area (TPSA) is 91.3 Å². The minimum absolute atomic E-state index is 0.185. The van der Waals surface area contributed by atoms with Crippen molar-refractivity contribution in [2.75, 3.05) is 59.4 Å². The van der Waals surface area contributed by atoms with Crippen molar-refractivity contribution in [1.82, 2.24) is 29.6 Å². The molecule has 0 bridgehead atoms. The molecule has 4 rings (SSSR count). The van der Waals surface area contributed by atoms with E-state index >= 15 is 0 Å². The van der Waals surface area contributed by atoms with Gasteiger partial charge in [0.1, 0.15) is 11.7 Å². The molecule has 1 saturated heterocycles. The van der Waals surface area contributed by atoms with E-state index in [1.807, 2.05) is 6.20 Å². The second-order valence-electron chi connectivity index (χ2n) is 10.7. The number of amidine groups is 1. The number of imidazole rings is 1. The zero-order valence-corrected chi connectivity index (χ0v) is 23.0. The highest BCUT2D eigenvalue weighted by Gasteiger charge is 2.18. The average Bonchev–Trinajstić information content (AvgIpc) is 3.58. The Morgan fingerprint density at radius 3 is 2.32 bits per heavy atom. The molecule has 0 atom stereocenters. The predicted octanol–water partition coefficient (Wildman–Crippen LogP) is 3.30. The van der Waals surface area contributed by atoms with Gasteiger partial charge in [-0.05, 0) is 63.0 Å². The quantitative estimate of drug-likeness (QED) is 0.326. The summed E-state index contributed by atoms with van der Waals surface area (Å²) in [4.78, 5) is 33.1. The van der Waals surface area contributed by atoms with Crippen LogP contribution < -0.4 is 0 Å². The highest BCUT2D eigenvalue weighted by Crippen LogP contribution is 2.14. The Balaban J connectivity index is 1.30. The van der Waals surface area contributed by atoms with Crippen LogP contribution in [0, 0.1) is 0 Å². The molecule has 208 valence electrons. The van der Waals surface area contributed by atoms with Crippen LogP contribution in [0.2, 0.25) is 0 Å². The van der Waals surface area contributed by atoms with Gasteiger partial charge < -0.3 is 19.9 Å². The molecule has 0 radical (unpaired) electrons. The lowest BCUT2D eigenvalue weighted by molar-refractivity contribution is -0.137. The number of hydrogen-bond donors (Lipinski definition) is 2. The summed E-state index contributed by atoms with van der Waals surface area (Å²) >= 11 is 0. The molecular weight excluding hydrogens is 478 g/mol. The lowest BCUT2D eigenvalue weighted by Gasteiger charge is -2.27. The van der Waals surface area contributed by atoms with Crippen molar-refractivity contribution < 1.29 is 9.90 Å². The van der Waals surface area contributed by atoms with Gasteiger partial charge in [-0.2, -0.15) is 0 Å². The smallest absolute Gasteiger partial charge is 0.304 e. The van der Waals surface area contributed by atoms with Gasteiger partial charge in [-0.3, -0.25) is 19.6 Å². The predicted molar refractivity (Wildman–Crippen MR) is 151 cm³/mol. The molecule has 9 nitrogen and oxygen atoms in total. The largest absolute Gasteiger partial charge is 0.481 e. The SMILES string of the molecule is CN1CCN=C1CN(Cc1ccc(CN(CCCCN2CCCCC2)CCC(=O)O)cc1)Cc1ncc[nH]1. The maximum atomic E-state index is 11.2. The highest BCUT2D eigenvalue weighted by molar-refractivity contribution is 5.85. The monoisotopic (exact) mass is 523 g/mol. The maximum absolute atomic E-state index is 11.2. The molecule has 3 heterocycles. The van der Waals surface area contributed by atoms with Crippen LogP contribution in [0.5, 0.6) is 0 Å². The van der Waals surface area contributed by atoms with Crippen molar-refractivity contribution in [1.29, 1.82) is 0 Å². The lowest BCUT2D eigenvalue weighted by atomic mass is 10.1. The minimum Gasteiger partial charge on any atom is -0.481 e. The van der Waals surface area contributed by atoms with Crippen LogP contribution in [0.1, 0.15) is 55.5 Å². The molecule has 2 aromatic rings. The number of benzene rings is 1. The van der Waals surface area contributed by atoms with Crippen molar-refractivity contribution in [3.63, 3.8) is 0 Å². The van der Waals surface area contributed by atoms with Crippen molar-refractivity contribution in [2.45, 2.75) is 58.2 Å². The van der Waals surface area contributed by atoms with Gasteiger partial charge in [0.05, 0.1) is 26.1 Å². The number of likely N-dealkylation sites (N-methyl/N-ethyl adjacent to an activating group) is 1. The molecule has 1 fully saturated rings. The summed E-state index contributed by atoms with van der Waals surface area (Å²) in [5.41, 5.74) is 2.48. The fraction of sp³-hybridized carbons (Fsp3) is 0.621. The first-order chi connectivity index (χ1) is 18.5. The van der Waals surface area contributed by atoms with E-state index in [4.69, 9.17) is 0 Å². The number of aromatic amines is 1. The number of piperidine rings is 1. The summed E-state index contributed by atoms with van der Waals surface area (Å²) in [6, 6.07) is 8.80. The normalized spacial score (nSPS) is 16.5. The first kappa shape index (κ1) is 28.3. The van der Waals surface area contributed by atoms with Crippen LogP contribution in [0.25, 0.3) is 0 Å². The number of aromatic nitrogens is 2. The summed E-state index contributed by atoms with van der Waals surface area (Å²) in [6.07, 6.45) is 10.1. The Kier molecular flexibility index (Phi) is 11.2. The Morgan fingerprint density at radius 1 is 0.947 bits per heavy atom. The van der Waals surface area contributed by atoms with Gasteiger partial charge in [-0.25, -0.2) is 4.98 Å². The maximum Gasteiger partial charge on any atom is 0.304 e. The molecule has 2 aliphatic heterocycles. The summed E-state index contributed by atoms with van der Waals surface area (Å²) < 4.78 is 0. The molecule has 0 spiro atoms. The number of nitrogens with zero attached hydrogens (tertiary/aromatic N) is 6. The van der Waals surface area contributed by atoms with E-state index in [9.17, 15) is 9.90 Å². The van der Waals surface area contributed by atoms with Gasteiger partial charge >= 0.3 is 5.97 Å². The number of unbranched alkanes of at least 4 members (excludes halogenated alkanes) is 1. The van der Waals surface area contributed by atoms with Gasteiger partial charge in [0, 0.05) is 45.6 Å². The second-order valence-corrected chi connectivity index (χ2v) is 10.7. The van der Waals surface area contributed by atoms with Crippen molar-refractivity contribution in [3.8, 4) is 0 Å². The molecule has 1 aromatic heterocycles. The average molecular weight is 524 g/mol. The minimum atomic E-state index is -0.729. The molecule has 0 saturated carbocycles. The number of hydrogen-bond acceptors (Lipinski definition) is 7. The van der Waals surface area contributed by atoms with Gasteiger partial charge in [0.15, 0.2) is 0 Å². The van der Waals surface area contributed by atoms with Crippen LogP contribution in [0.3, 0.4) is 0 Å². The van der Waals surface area contributed by atoms with Crippen LogP contribution in [-0.4, -0.2) is 106 Å². The van der Waals surface area contributed by atoms with E-state index in [0.717, 1.165) is 70.4 Å². The number of carboxylic acids is 1. The summed E-state index contributed by atoms with van der Waals surface area (Å²) in [7, 11) is 2.11. The first-order valence-corrected chi connectivity index (χ1v) is 14.2. The van der Waals surface area contributed by atoms with Crippen molar-refractivity contribution >= 4 is 11.8 Å². The molecule has 0 aliphatic carbocycles. The van der Waals surface area contributed by atoms with Crippen LogP contribution in [0.4, 0.5) is 0 Å². The van der Waals surface area contributed by atoms with Crippen LogP contribution in [-0.2, 0) is 24.4 Å². The Hall–Kier alpha value is -2.75. The highest BCUT2D eigenvalue weighted by atomic mass is 16.4. The molecule has 0 unspecified atom stereocenters. The lowest BCUT2D eigenvalue weighted by Crippen LogP contribution is -2.36. The number of aliphatic imine (C=N–C) groups is 1. The van der Waals surface area contributed by atoms with E-state index in [1.54, 1.807) is 6.20 Å². The van der Waals surface area contributed by atoms with Crippen LogP contribution in [0.15, 0.2) is 41.7 Å². The number of rotatable bonds is 16. The van der Waals surface area contributed by atoms with Gasteiger partial charge in [0.25, 0.3) is 0 Å². The van der Waals surface area contributed by atoms with E-state index in [2.05, 4.69) is 65.9 Å². The standard InChI is InChI=1S/C29H45N7O2/c1-33-20-14-32-28(33)24-36(23-27-30-12-13-31-27)22-26-9-7-25(8-10-26)21-35(19-11-29(37)38)18-6-5-17-34-15-3-2-4-16-34/h7-10,12-13H,2-6,11,14-24H2,1H3,(H,30,31)(H,37,38). The van der Waals surface area contributed by atoms with Gasteiger partial charge in [-0.15, -0.1) is 0 Å². The third-order valence-corrected chi connectivity index (χ3v) is 7.59. The molecule has 38 heavy (non-hydrogen) atoms. The molecular formula is C29H45N7O2. The summed E-state index contributed by atoms with van der Waals surface area (Å²) in [5, 5.41) is 9.24. The molecule has 2 aliphatic rings. The van der Waals surface area contributed by atoms with Crippen molar-refractivity contribution in [2.24, 2.45) is 4.99 Å². The second kappa shape index (κ2) is 15.0. The van der Waals surface area contributed by atoms with Crippen molar-refractivity contribution in [3.05, 3.63) is 53.6 Å².